The average Bonchev–Trinajstić information content (AvgIpc) is 2.80. The Labute approximate surface area is 112 Å². The Kier molecular flexibility index (Phi) is 4.03. The predicted octanol–water partition coefficient (Wildman–Crippen LogP) is 1.28. The van der Waals surface area contributed by atoms with Crippen LogP contribution in [0.25, 0.3) is 0 Å². The van der Waals surface area contributed by atoms with E-state index in [1.807, 2.05) is 6.92 Å². The monoisotopic (exact) mass is 259 g/mol. The van der Waals surface area contributed by atoms with E-state index in [4.69, 9.17) is 10.00 Å². The van der Waals surface area contributed by atoms with Crippen molar-refractivity contribution >= 4 is 11.6 Å². The zero-order valence-corrected chi connectivity index (χ0v) is 11.1. The molecule has 19 heavy (non-hydrogen) atoms. The molecule has 1 aliphatic heterocycles. The number of likely N-dealkylation sites (N-methyl/N-ethyl adjacent to an activating group) is 1. The van der Waals surface area contributed by atoms with Crippen LogP contribution in [0.3, 0.4) is 0 Å². The summed E-state index contributed by atoms with van der Waals surface area (Å²) < 4.78 is 5.28. The molecule has 1 N–H and O–H groups in total. The molecule has 0 radical (unpaired) electrons. The first-order valence-corrected chi connectivity index (χ1v) is 6.34. The highest BCUT2D eigenvalue weighted by Crippen LogP contribution is 2.32. The largest absolute Gasteiger partial charge is 0.495 e. The Morgan fingerprint density at radius 3 is 3.00 bits per heavy atom. The first-order chi connectivity index (χ1) is 9.21. The number of anilines is 1. The van der Waals surface area contributed by atoms with E-state index >= 15 is 0 Å². The van der Waals surface area contributed by atoms with Gasteiger partial charge in [0, 0.05) is 12.6 Å². The molecule has 5 heteroatoms. The Bertz CT molecular complexity index is 522. The molecule has 0 aliphatic carbocycles. The van der Waals surface area contributed by atoms with Crippen LogP contribution >= 0.6 is 0 Å². The summed E-state index contributed by atoms with van der Waals surface area (Å²) in [6.45, 7) is 3.42. The second-order valence-electron chi connectivity index (χ2n) is 4.39. The second kappa shape index (κ2) is 5.72. The smallest absolute Gasteiger partial charge is 0.244 e. The van der Waals surface area contributed by atoms with Crippen LogP contribution in [0.1, 0.15) is 18.9 Å². The fourth-order valence-electron chi connectivity index (χ4n) is 2.33. The van der Waals surface area contributed by atoms with Gasteiger partial charge in [0.15, 0.2) is 0 Å². The van der Waals surface area contributed by atoms with Crippen molar-refractivity contribution in [1.82, 2.24) is 5.32 Å². The summed E-state index contributed by atoms with van der Waals surface area (Å²) in [7, 11) is 1.54. The average molecular weight is 259 g/mol. The Morgan fingerprint density at radius 1 is 1.58 bits per heavy atom. The van der Waals surface area contributed by atoms with Crippen molar-refractivity contribution in [1.29, 1.82) is 5.26 Å². The van der Waals surface area contributed by atoms with Crippen molar-refractivity contribution in [3.05, 3.63) is 23.8 Å². The van der Waals surface area contributed by atoms with Gasteiger partial charge in [-0.3, -0.25) is 4.79 Å². The molecule has 1 aromatic carbocycles. The van der Waals surface area contributed by atoms with E-state index in [1.54, 1.807) is 30.2 Å². The van der Waals surface area contributed by atoms with Crippen molar-refractivity contribution in [3.63, 3.8) is 0 Å². The number of benzene rings is 1. The fraction of sp³-hybridized carbons (Fsp3) is 0.429. The van der Waals surface area contributed by atoms with Crippen molar-refractivity contribution in [2.75, 3.05) is 25.1 Å². The number of methoxy groups -OCH3 is 1. The van der Waals surface area contributed by atoms with Gasteiger partial charge in [-0.25, -0.2) is 0 Å². The fourth-order valence-corrected chi connectivity index (χ4v) is 2.33. The van der Waals surface area contributed by atoms with Crippen LogP contribution in [0.15, 0.2) is 18.2 Å². The summed E-state index contributed by atoms with van der Waals surface area (Å²) in [6.07, 6.45) is 0.788. The molecule has 0 saturated carbocycles. The van der Waals surface area contributed by atoms with Crippen LogP contribution in [0.2, 0.25) is 0 Å². The molecular formula is C14H17N3O2. The summed E-state index contributed by atoms with van der Waals surface area (Å²) in [5.74, 6) is 0.620. The van der Waals surface area contributed by atoms with E-state index in [2.05, 4.69) is 11.4 Å². The van der Waals surface area contributed by atoms with Crippen LogP contribution in [0.4, 0.5) is 5.69 Å². The highest BCUT2D eigenvalue weighted by molar-refractivity contribution is 6.00. The van der Waals surface area contributed by atoms with Gasteiger partial charge < -0.3 is 15.0 Å². The molecule has 1 amide bonds. The molecule has 1 aromatic rings. The lowest BCUT2D eigenvalue weighted by Crippen LogP contribution is -2.38. The van der Waals surface area contributed by atoms with Gasteiger partial charge in [0.05, 0.1) is 30.5 Å². The van der Waals surface area contributed by atoms with Gasteiger partial charge in [-0.2, -0.15) is 5.26 Å². The van der Waals surface area contributed by atoms with Gasteiger partial charge in [0.2, 0.25) is 5.91 Å². The zero-order chi connectivity index (χ0) is 13.8. The maximum absolute atomic E-state index is 12.3. The van der Waals surface area contributed by atoms with E-state index in [9.17, 15) is 4.79 Å². The maximum Gasteiger partial charge on any atom is 0.244 e. The number of hydrogen-bond acceptors (Lipinski definition) is 4. The van der Waals surface area contributed by atoms with E-state index in [1.165, 1.54) is 0 Å². The summed E-state index contributed by atoms with van der Waals surface area (Å²) >= 11 is 0. The molecule has 0 aromatic heterocycles. The molecule has 0 bridgehead atoms. The molecule has 1 fully saturated rings. The lowest BCUT2D eigenvalue weighted by Gasteiger charge is -2.19. The number of hydrogen-bond donors (Lipinski definition) is 1. The number of nitrogens with one attached hydrogen (secondary N) is 1. The maximum atomic E-state index is 12.3. The third-order valence-corrected chi connectivity index (χ3v) is 3.26. The van der Waals surface area contributed by atoms with E-state index < -0.39 is 0 Å². The molecule has 1 unspecified atom stereocenters. The lowest BCUT2D eigenvalue weighted by molar-refractivity contribution is -0.118. The Balaban J connectivity index is 2.28. The number of carbonyl (C=O) groups is 1. The van der Waals surface area contributed by atoms with Gasteiger partial charge in [0.25, 0.3) is 0 Å². The van der Waals surface area contributed by atoms with E-state index in [0.717, 1.165) is 18.7 Å². The van der Waals surface area contributed by atoms with Gasteiger partial charge >= 0.3 is 0 Å². The minimum Gasteiger partial charge on any atom is -0.495 e. The Morgan fingerprint density at radius 2 is 2.37 bits per heavy atom. The normalized spacial score (nSPS) is 18.5. The summed E-state index contributed by atoms with van der Waals surface area (Å²) in [5.41, 5.74) is 1.25. The number of nitrogens with zero attached hydrogens (tertiary/aromatic N) is 2. The van der Waals surface area contributed by atoms with Crippen LogP contribution in [-0.2, 0) is 4.79 Å². The molecule has 100 valence electrons. The third kappa shape index (κ3) is 2.54. The van der Waals surface area contributed by atoms with Crippen LogP contribution in [0, 0.1) is 11.3 Å². The van der Waals surface area contributed by atoms with Crippen molar-refractivity contribution in [2.45, 2.75) is 19.4 Å². The number of nitriles is 1. The van der Waals surface area contributed by atoms with Gasteiger partial charge in [0.1, 0.15) is 5.75 Å². The molecular weight excluding hydrogens is 242 g/mol. The highest BCUT2D eigenvalue weighted by Gasteiger charge is 2.33. The summed E-state index contributed by atoms with van der Waals surface area (Å²) in [6, 6.07) is 7.07. The number of rotatable bonds is 4. The van der Waals surface area contributed by atoms with Gasteiger partial charge in [-0.15, -0.1) is 0 Å². The van der Waals surface area contributed by atoms with Crippen molar-refractivity contribution in [2.24, 2.45) is 0 Å². The second-order valence-corrected chi connectivity index (χ2v) is 4.39. The van der Waals surface area contributed by atoms with E-state index in [0.29, 0.717) is 17.9 Å². The molecule has 1 saturated heterocycles. The van der Waals surface area contributed by atoms with Crippen molar-refractivity contribution < 1.29 is 9.53 Å². The summed E-state index contributed by atoms with van der Waals surface area (Å²) in [4.78, 5) is 14.0. The minimum absolute atomic E-state index is 0.0601. The van der Waals surface area contributed by atoms with Crippen LogP contribution < -0.4 is 15.0 Å². The van der Waals surface area contributed by atoms with E-state index in [-0.39, 0.29) is 11.9 Å². The number of ether oxygens (including phenoxy) is 1. The molecule has 1 atom stereocenters. The zero-order valence-electron chi connectivity index (χ0n) is 11.1. The molecule has 5 nitrogen and oxygen atoms in total. The van der Waals surface area contributed by atoms with Crippen LogP contribution in [-0.4, -0.2) is 32.1 Å². The van der Waals surface area contributed by atoms with Crippen LogP contribution in [0.5, 0.6) is 5.75 Å². The number of amides is 1. The SMILES string of the molecule is CCNC1CCN(c2ccc(C#N)cc2OC)C1=O. The first kappa shape index (κ1) is 13.4. The van der Waals surface area contributed by atoms with Gasteiger partial charge in [-0.1, -0.05) is 6.92 Å². The van der Waals surface area contributed by atoms with Gasteiger partial charge in [-0.05, 0) is 25.1 Å². The topological polar surface area (TPSA) is 65.4 Å². The number of carbonyl (C=O) groups excluding carboxylic acids is 1. The highest BCUT2D eigenvalue weighted by atomic mass is 16.5. The molecule has 0 spiro atoms. The minimum atomic E-state index is -0.120. The third-order valence-electron chi connectivity index (χ3n) is 3.26. The molecule has 2 rings (SSSR count). The first-order valence-electron chi connectivity index (χ1n) is 6.34. The van der Waals surface area contributed by atoms with Crippen molar-refractivity contribution in [3.8, 4) is 11.8 Å². The standard InChI is InChI=1S/C14H17N3O2/c1-3-16-11-6-7-17(14(11)18)12-5-4-10(9-15)8-13(12)19-2/h4-5,8,11,16H,3,6-7H2,1-2H3. The molecule has 1 heterocycles. The Hall–Kier alpha value is -2.06. The summed E-state index contributed by atoms with van der Waals surface area (Å²) in [5, 5.41) is 12.1. The molecule has 1 aliphatic rings. The predicted molar refractivity (Wildman–Crippen MR) is 72.1 cm³/mol. The lowest BCUT2D eigenvalue weighted by atomic mass is 10.2. The quantitative estimate of drug-likeness (QED) is 0.884.